The lowest BCUT2D eigenvalue weighted by Crippen LogP contribution is -2.31. The number of nitrogens with one attached hydrogen (secondary N) is 1. The molecule has 0 spiro atoms. The lowest BCUT2D eigenvalue weighted by molar-refractivity contribution is 0.0924. The van der Waals surface area contributed by atoms with E-state index >= 15 is 0 Å². The fourth-order valence-corrected chi connectivity index (χ4v) is 3.17. The number of amides is 1. The molecule has 28 heavy (non-hydrogen) atoms. The van der Waals surface area contributed by atoms with Gasteiger partial charge in [0.05, 0.1) is 33.5 Å². The number of hydrogen-bond acceptors (Lipinski definition) is 5. The van der Waals surface area contributed by atoms with Crippen molar-refractivity contribution in [3.05, 3.63) is 47.5 Å². The summed E-state index contributed by atoms with van der Waals surface area (Å²) in [5, 5.41) is 3.13. The summed E-state index contributed by atoms with van der Waals surface area (Å²) in [6.07, 6.45) is 0.853. The quantitative estimate of drug-likeness (QED) is 0.814. The number of ether oxygens (including phenoxy) is 4. The first-order valence-corrected chi connectivity index (χ1v) is 9.45. The Balaban J connectivity index is 1.86. The van der Waals surface area contributed by atoms with E-state index in [-0.39, 0.29) is 17.9 Å². The molecule has 150 valence electrons. The van der Waals surface area contributed by atoms with E-state index in [1.54, 1.807) is 32.4 Å². The molecule has 0 radical (unpaired) electrons. The van der Waals surface area contributed by atoms with Crippen molar-refractivity contribution >= 4 is 5.91 Å². The van der Waals surface area contributed by atoms with Gasteiger partial charge in [-0.3, -0.25) is 4.79 Å². The zero-order chi connectivity index (χ0) is 20.1. The normalized spacial score (nSPS) is 14.2. The smallest absolute Gasteiger partial charge is 0.252 e. The number of carbonyl (C=O) groups excluding carboxylic acids is 1. The van der Waals surface area contributed by atoms with Gasteiger partial charge in [0.1, 0.15) is 11.5 Å². The van der Waals surface area contributed by atoms with Gasteiger partial charge in [0.25, 0.3) is 5.91 Å². The van der Waals surface area contributed by atoms with Gasteiger partial charge in [-0.1, -0.05) is 19.9 Å². The Labute approximate surface area is 165 Å². The van der Waals surface area contributed by atoms with Gasteiger partial charge < -0.3 is 24.3 Å². The fourth-order valence-electron chi connectivity index (χ4n) is 3.17. The molecule has 6 nitrogen and oxygen atoms in total. The lowest BCUT2D eigenvalue weighted by Gasteiger charge is -2.24. The minimum absolute atomic E-state index is 0.179. The lowest BCUT2D eigenvalue weighted by atomic mass is 9.95. The van der Waals surface area contributed by atoms with Gasteiger partial charge in [0.15, 0.2) is 11.5 Å². The molecule has 1 aliphatic rings. The molecule has 0 bridgehead atoms. The van der Waals surface area contributed by atoms with Gasteiger partial charge in [-0.25, -0.2) is 0 Å². The van der Waals surface area contributed by atoms with E-state index in [4.69, 9.17) is 18.9 Å². The van der Waals surface area contributed by atoms with E-state index in [1.165, 1.54) is 0 Å². The molecule has 0 aromatic heterocycles. The highest BCUT2D eigenvalue weighted by Gasteiger charge is 2.22. The third kappa shape index (κ3) is 4.50. The first-order chi connectivity index (χ1) is 13.5. The van der Waals surface area contributed by atoms with Crippen molar-refractivity contribution in [2.75, 3.05) is 27.4 Å². The monoisotopic (exact) mass is 385 g/mol. The standard InChI is InChI=1S/C22H27NO5/c1-14(2)21(15-6-7-19-20(12-15)28-9-5-8-27-19)23-22(24)16-10-17(25-3)13-18(11-16)26-4/h6-7,10-14,21H,5,8-9H2,1-4H3,(H,23,24)/t21-/m1/s1. The average molecular weight is 385 g/mol. The van der Waals surface area contributed by atoms with Gasteiger partial charge in [0.2, 0.25) is 0 Å². The molecule has 6 heteroatoms. The van der Waals surface area contributed by atoms with Crippen LogP contribution in [0.25, 0.3) is 0 Å². The number of fused-ring (bicyclic) bond motifs is 1. The van der Waals surface area contributed by atoms with Crippen molar-refractivity contribution in [3.63, 3.8) is 0 Å². The van der Waals surface area contributed by atoms with Crippen LogP contribution in [0.5, 0.6) is 23.0 Å². The predicted octanol–water partition coefficient (Wildman–Crippen LogP) is 3.99. The van der Waals surface area contributed by atoms with Crippen LogP contribution < -0.4 is 24.3 Å². The predicted molar refractivity (Wildman–Crippen MR) is 107 cm³/mol. The van der Waals surface area contributed by atoms with Crippen LogP contribution in [0.2, 0.25) is 0 Å². The maximum absolute atomic E-state index is 12.9. The highest BCUT2D eigenvalue weighted by Crippen LogP contribution is 2.34. The molecule has 0 saturated carbocycles. The molecule has 1 N–H and O–H groups in total. The second kappa shape index (κ2) is 8.87. The molecule has 2 aromatic carbocycles. The third-order valence-corrected chi connectivity index (χ3v) is 4.70. The van der Waals surface area contributed by atoms with E-state index in [1.807, 2.05) is 18.2 Å². The maximum atomic E-state index is 12.9. The Kier molecular flexibility index (Phi) is 6.29. The van der Waals surface area contributed by atoms with E-state index in [0.29, 0.717) is 30.3 Å². The molecule has 3 rings (SSSR count). The number of benzene rings is 2. The first kappa shape index (κ1) is 19.9. The summed E-state index contributed by atoms with van der Waals surface area (Å²) < 4.78 is 22.0. The Bertz CT molecular complexity index is 811. The number of methoxy groups -OCH3 is 2. The Hall–Kier alpha value is -2.89. The fraction of sp³-hybridized carbons (Fsp3) is 0.409. The molecule has 1 heterocycles. The average Bonchev–Trinajstić information content (AvgIpc) is 2.95. The number of rotatable bonds is 6. The summed E-state index contributed by atoms with van der Waals surface area (Å²) in [7, 11) is 3.12. The molecule has 0 unspecified atom stereocenters. The Morgan fingerprint density at radius 3 is 2.21 bits per heavy atom. The van der Waals surface area contributed by atoms with Gasteiger partial charge in [0, 0.05) is 18.1 Å². The topological polar surface area (TPSA) is 66.0 Å². The van der Waals surface area contributed by atoms with Crippen molar-refractivity contribution in [2.24, 2.45) is 5.92 Å². The second-order valence-corrected chi connectivity index (χ2v) is 7.05. The molecule has 0 saturated heterocycles. The van der Waals surface area contributed by atoms with Crippen molar-refractivity contribution < 1.29 is 23.7 Å². The van der Waals surface area contributed by atoms with Crippen LogP contribution in [-0.4, -0.2) is 33.3 Å². The van der Waals surface area contributed by atoms with E-state index in [2.05, 4.69) is 19.2 Å². The summed E-state index contributed by atoms with van der Waals surface area (Å²) in [5.41, 5.74) is 1.46. The van der Waals surface area contributed by atoms with Crippen molar-refractivity contribution in [2.45, 2.75) is 26.3 Å². The van der Waals surface area contributed by atoms with Crippen LogP contribution in [0.15, 0.2) is 36.4 Å². The van der Waals surface area contributed by atoms with E-state index in [0.717, 1.165) is 23.5 Å². The van der Waals surface area contributed by atoms with Gasteiger partial charge in [-0.05, 0) is 35.7 Å². The maximum Gasteiger partial charge on any atom is 0.252 e. The Morgan fingerprint density at radius 2 is 1.61 bits per heavy atom. The molecule has 1 aliphatic heterocycles. The highest BCUT2D eigenvalue weighted by molar-refractivity contribution is 5.95. The molecule has 1 amide bonds. The summed E-state index contributed by atoms with van der Waals surface area (Å²) in [6, 6.07) is 10.8. The summed E-state index contributed by atoms with van der Waals surface area (Å²) in [4.78, 5) is 12.9. The summed E-state index contributed by atoms with van der Waals surface area (Å²) in [6.45, 7) is 5.41. The molecular weight excluding hydrogens is 358 g/mol. The molecule has 2 aromatic rings. The zero-order valence-corrected chi connectivity index (χ0v) is 16.8. The van der Waals surface area contributed by atoms with Crippen molar-refractivity contribution in [1.82, 2.24) is 5.32 Å². The molecule has 0 aliphatic carbocycles. The zero-order valence-electron chi connectivity index (χ0n) is 16.8. The van der Waals surface area contributed by atoms with E-state index < -0.39 is 0 Å². The van der Waals surface area contributed by atoms with Gasteiger partial charge in [-0.15, -0.1) is 0 Å². The second-order valence-electron chi connectivity index (χ2n) is 7.05. The van der Waals surface area contributed by atoms with Gasteiger partial charge in [-0.2, -0.15) is 0 Å². The summed E-state index contributed by atoms with van der Waals surface area (Å²) in [5.74, 6) is 2.59. The SMILES string of the molecule is COc1cc(OC)cc(C(=O)N[C@@H](c2ccc3c(c2)OCCCO3)C(C)C)c1. The van der Waals surface area contributed by atoms with Crippen LogP contribution in [-0.2, 0) is 0 Å². The highest BCUT2D eigenvalue weighted by atomic mass is 16.5. The Morgan fingerprint density at radius 1 is 0.964 bits per heavy atom. The molecule has 0 fully saturated rings. The van der Waals surface area contributed by atoms with Crippen LogP contribution in [0.3, 0.4) is 0 Å². The van der Waals surface area contributed by atoms with Crippen molar-refractivity contribution in [1.29, 1.82) is 0 Å². The van der Waals surface area contributed by atoms with Crippen LogP contribution >= 0.6 is 0 Å². The first-order valence-electron chi connectivity index (χ1n) is 9.45. The third-order valence-electron chi connectivity index (χ3n) is 4.70. The molecule has 1 atom stereocenters. The summed E-state index contributed by atoms with van der Waals surface area (Å²) >= 11 is 0. The van der Waals surface area contributed by atoms with Gasteiger partial charge >= 0.3 is 0 Å². The molecular formula is C22H27NO5. The van der Waals surface area contributed by atoms with Crippen LogP contribution in [0, 0.1) is 5.92 Å². The van der Waals surface area contributed by atoms with E-state index in [9.17, 15) is 4.79 Å². The minimum Gasteiger partial charge on any atom is -0.497 e. The van der Waals surface area contributed by atoms with Crippen LogP contribution in [0.4, 0.5) is 0 Å². The largest absolute Gasteiger partial charge is 0.497 e. The minimum atomic E-state index is -0.192. The number of carbonyl (C=O) groups is 1. The van der Waals surface area contributed by atoms with Crippen LogP contribution in [0.1, 0.15) is 42.2 Å². The number of hydrogen-bond donors (Lipinski definition) is 1. The van der Waals surface area contributed by atoms with Crippen molar-refractivity contribution in [3.8, 4) is 23.0 Å².